The number of carboxylic acids is 1. The minimum Gasteiger partial charge on any atom is -0.497 e. The molecule has 1 amide bonds. The van der Waals surface area contributed by atoms with Crippen LogP contribution in [0, 0.1) is 0 Å². The molecule has 0 saturated heterocycles. The van der Waals surface area contributed by atoms with Crippen molar-refractivity contribution in [3.63, 3.8) is 0 Å². The van der Waals surface area contributed by atoms with Gasteiger partial charge in [-0.25, -0.2) is 4.79 Å². The lowest BCUT2D eigenvalue weighted by molar-refractivity contribution is -0.115. The third-order valence-electron chi connectivity index (χ3n) is 2.82. The van der Waals surface area contributed by atoms with E-state index in [1.54, 1.807) is 30.6 Å². The lowest BCUT2D eigenvalue weighted by Crippen LogP contribution is -2.17. The molecule has 108 valence electrons. The van der Waals surface area contributed by atoms with Crippen molar-refractivity contribution in [2.24, 2.45) is 0 Å². The molecule has 0 aliphatic heterocycles. The van der Waals surface area contributed by atoms with Gasteiger partial charge in [0.15, 0.2) is 0 Å². The van der Waals surface area contributed by atoms with Gasteiger partial charge in [-0.1, -0.05) is 6.07 Å². The molecule has 0 unspecified atom stereocenters. The molecule has 0 atom stereocenters. The highest BCUT2D eigenvalue weighted by atomic mass is 16.5. The normalized spacial score (nSPS) is 9.95. The van der Waals surface area contributed by atoms with Crippen molar-refractivity contribution in [1.82, 2.24) is 4.98 Å². The van der Waals surface area contributed by atoms with Gasteiger partial charge in [-0.15, -0.1) is 0 Å². The fourth-order valence-electron chi connectivity index (χ4n) is 1.82. The molecular formula is C15H14N2O4. The molecule has 0 bridgehead atoms. The Hall–Kier alpha value is -2.89. The van der Waals surface area contributed by atoms with Gasteiger partial charge >= 0.3 is 5.97 Å². The SMILES string of the molecule is COc1ccc(NC(=O)Cc2cccnc2)c(C(=O)O)c1. The second-order valence-corrected chi connectivity index (χ2v) is 4.30. The maximum atomic E-state index is 11.9. The van der Waals surface area contributed by atoms with E-state index in [2.05, 4.69) is 10.3 Å². The minimum absolute atomic E-state index is 0.0195. The number of anilines is 1. The molecule has 0 aliphatic carbocycles. The van der Waals surface area contributed by atoms with Crippen molar-refractivity contribution in [1.29, 1.82) is 0 Å². The predicted molar refractivity (Wildman–Crippen MR) is 76.5 cm³/mol. The molecule has 0 aliphatic rings. The number of carbonyl (C=O) groups is 2. The number of rotatable bonds is 5. The van der Waals surface area contributed by atoms with Crippen LogP contribution in [-0.2, 0) is 11.2 Å². The second kappa shape index (κ2) is 6.51. The second-order valence-electron chi connectivity index (χ2n) is 4.30. The zero-order valence-electron chi connectivity index (χ0n) is 11.4. The van der Waals surface area contributed by atoms with E-state index in [0.29, 0.717) is 5.75 Å². The Morgan fingerprint density at radius 2 is 2.14 bits per heavy atom. The van der Waals surface area contributed by atoms with Gasteiger partial charge < -0.3 is 15.2 Å². The summed E-state index contributed by atoms with van der Waals surface area (Å²) in [6.45, 7) is 0. The van der Waals surface area contributed by atoms with Crippen LogP contribution in [0.3, 0.4) is 0 Å². The quantitative estimate of drug-likeness (QED) is 0.877. The number of carboxylic acid groups (broad SMARTS) is 1. The number of methoxy groups -OCH3 is 1. The Bertz CT molecular complexity index is 656. The zero-order chi connectivity index (χ0) is 15.2. The van der Waals surface area contributed by atoms with E-state index in [1.807, 2.05) is 0 Å². The first-order valence-electron chi connectivity index (χ1n) is 6.20. The number of hydrogen-bond donors (Lipinski definition) is 2. The summed E-state index contributed by atoms with van der Waals surface area (Å²) in [5.74, 6) is -1.03. The van der Waals surface area contributed by atoms with E-state index >= 15 is 0 Å². The summed E-state index contributed by atoms with van der Waals surface area (Å²) in [7, 11) is 1.45. The van der Waals surface area contributed by atoms with Crippen LogP contribution in [0.1, 0.15) is 15.9 Å². The van der Waals surface area contributed by atoms with Crippen molar-refractivity contribution < 1.29 is 19.4 Å². The number of benzene rings is 1. The van der Waals surface area contributed by atoms with Crippen LogP contribution >= 0.6 is 0 Å². The molecule has 21 heavy (non-hydrogen) atoms. The van der Waals surface area contributed by atoms with Crippen molar-refractivity contribution in [2.75, 3.05) is 12.4 Å². The van der Waals surface area contributed by atoms with Gasteiger partial charge in [0, 0.05) is 12.4 Å². The Morgan fingerprint density at radius 3 is 2.76 bits per heavy atom. The summed E-state index contributed by atoms with van der Waals surface area (Å²) in [5.41, 5.74) is 0.964. The molecule has 1 aromatic heterocycles. The third-order valence-corrected chi connectivity index (χ3v) is 2.82. The summed E-state index contributed by atoms with van der Waals surface area (Å²) < 4.78 is 4.98. The van der Waals surface area contributed by atoms with Gasteiger partial charge in [0.25, 0.3) is 0 Å². The smallest absolute Gasteiger partial charge is 0.337 e. The van der Waals surface area contributed by atoms with E-state index < -0.39 is 5.97 Å². The van der Waals surface area contributed by atoms with E-state index in [0.717, 1.165) is 5.56 Å². The van der Waals surface area contributed by atoms with Crippen molar-refractivity contribution in [3.05, 3.63) is 53.9 Å². The van der Waals surface area contributed by atoms with Gasteiger partial charge in [0.05, 0.1) is 24.8 Å². The molecular weight excluding hydrogens is 272 g/mol. The average Bonchev–Trinajstić information content (AvgIpc) is 2.48. The van der Waals surface area contributed by atoms with Crippen LogP contribution in [0.25, 0.3) is 0 Å². The summed E-state index contributed by atoms with van der Waals surface area (Å²) in [6, 6.07) is 7.97. The summed E-state index contributed by atoms with van der Waals surface area (Å²) in [6.07, 6.45) is 3.33. The minimum atomic E-state index is -1.13. The summed E-state index contributed by atoms with van der Waals surface area (Å²) >= 11 is 0. The highest BCUT2D eigenvalue weighted by Gasteiger charge is 2.14. The van der Waals surface area contributed by atoms with Gasteiger partial charge in [-0.05, 0) is 29.8 Å². The van der Waals surface area contributed by atoms with Crippen LogP contribution in [0.15, 0.2) is 42.7 Å². The van der Waals surface area contributed by atoms with Crippen LogP contribution in [0.4, 0.5) is 5.69 Å². The van der Waals surface area contributed by atoms with E-state index in [1.165, 1.54) is 19.2 Å². The first-order valence-corrected chi connectivity index (χ1v) is 6.20. The molecule has 1 aromatic carbocycles. The standard InChI is InChI=1S/C15H14N2O4/c1-21-11-4-5-13(12(8-11)15(19)20)17-14(18)7-10-3-2-6-16-9-10/h2-6,8-9H,7H2,1H3,(H,17,18)(H,19,20). The van der Waals surface area contributed by atoms with Crippen LogP contribution in [0.2, 0.25) is 0 Å². The number of hydrogen-bond acceptors (Lipinski definition) is 4. The number of pyridine rings is 1. The number of nitrogens with zero attached hydrogens (tertiary/aromatic N) is 1. The van der Waals surface area contributed by atoms with Gasteiger partial charge in [0.2, 0.25) is 5.91 Å². The number of aromatic carboxylic acids is 1. The Morgan fingerprint density at radius 1 is 1.33 bits per heavy atom. The average molecular weight is 286 g/mol. The highest BCUT2D eigenvalue weighted by Crippen LogP contribution is 2.22. The maximum Gasteiger partial charge on any atom is 0.337 e. The molecule has 0 saturated carbocycles. The van der Waals surface area contributed by atoms with Crippen LogP contribution in [0.5, 0.6) is 5.75 Å². The number of aromatic nitrogens is 1. The molecule has 2 aromatic rings. The van der Waals surface area contributed by atoms with Crippen LogP contribution in [-0.4, -0.2) is 29.1 Å². The summed E-state index contributed by atoms with van der Waals surface area (Å²) in [4.78, 5) is 27.1. The third kappa shape index (κ3) is 3.79. The maximum absolute atomic E-state index is 11.9. The topological polar surface area (TPSA) is 88.5 Å². The molecule has 0 fully saturated rings. The summed E-state index contributed by atoms with van der Waals surface area (Å²) in [5, 5.41) is 11.8. The van der Waals surface area contributed by atoms with E-state index in [-0.39, 0.29) is 23.6 Å². The van der Waals surface area contributed by atoms with E-state index in [4.69, 9.17) is 4.74 Å². The first-order chi connectivity index (χ1) is 10.1. The van der Waals surface area contributed by atoms with Gasteiger partial charge in [-0.3, -0.25) is 9.78 Å². The molecule has 0 radical (unpaired) electrons. The number of amides is 1. The molecule has 6 nitrogen and oxygen atoms in total. The first kappa shape index (κ1) is 14.5. The Kier molecular flexibility index (Phi) is 4.50. The molecule has 2 rings (SSSR count). The fourth-order valence-corrected chi connectivity index (χ4v) is 1.82. The number of ether oxygens (including phenoxy) is 1. The predicted octanol–water partition coefficient (Wildman–Crippen LogP) is 1.97. The number of nitrogens with one attached hydrogen (secondary N) is 1. The number of carbonyl (C=O) groups excluding carboxylic acids is 1. The molecule has 6 heteroatoms. The molecule has 0 spiro atoms. The van der Waals surface area contributed by atoms with Crippen molar-refractivity contribution in [2.45, 2.75) is 6.42 Å². The van der Waals surface area contributed by atoms with Gasteiger partial charge in [0.1, 0.15) is 5.75 Å². The highest BCUT2D eigenvalue weighted by molar-refractivity contribution is 6.01. The molecule has 1 heterocycles. The van der Waals surface area contributed by atoms with Crippen molar-refractivity contribution in [3.8, 4) is 5.75 Å². The van der Waals surface area contributed by atoms with E-state index in [9.17, 15) is 14.7 Å². The Balaban J connectivity index is 2.15. The van der Waals surface area contributed by atoms with Crippen LogP contribution < -0.4 is 10.1 Å². The lowest BCUT2D eigenvalue weighted by atomic mass is 10.1. The Labute approximate surface area is 121 Å². The van der Waals surface area contributed by atoms with Crippen molar-refractivity contribution >= 4 is 17.6 Å². The zero-order valence-corrected chi connectivity index (χ0v) is 11.4. The fraction of sp³-hybridized carbons (Fsp3) is 0.133. The largest absolute Gasteiger partial charge is 0.497 e. The molecule has 2 N–H and O–H groups in total. The lowest BCUT2D eigenvalue weighted by Gasteiger charge is -2.10. The van der Waals surface area contributed by atoms with Gasteiger partial charge in [-0.2, -0.15) is 0 Å². The monoisotopic (exact) mass is 286 g/mol.